The number of nitriles is 1. The smallest absolute Gasteiger partial charge is 0.207 e. The predicted octanol–water partition coefficient (Wildman–Crippen LogP) is 2.41. The van der Waals surface area contributed by atoms with Gasteiger partial charge in [-0.25, -0.2) is 9.50 Å². The van der Waals surface area contributed by atoms with Crippen molar-refractivity contribution in [1.82, 2.24) is 34.7 Å². The molecule has 1 saturated heterocycles. The van der Waals surface area contributed by atoms with Gasteiger partial charge in [0.25, 0.3) is 0 Å². The number of rotatable bonds is 5. The molecule has 0 bridgehead atoms. The van der Waals surface area contributed by atoms with E-state index in [0.717, 1.165) is 55.0 Å². The van der Waals surface area contributed by atoms with Crippen LogP contribution in [0.1, 0.15) is 25.3 Å². The number of carbonyl (C=O) groups is 1. The summed E-state index contributed by atoms with van der Waals surface area (Å²) in [6.07, 6.45) is 11.7. The molecule has 1 aliphatic heterocycles. The summed E-state index contributed by atoms with van der Waals surface area (Å²) in [6, 6.07) is 6.16. The fourth-order valence-electron chi connectivity index (χ4n) is 5.82. The van der Waals surface area contributed by atoms with Crippen LogP contribution in [0.15, 0.2) is 43.1 Å². The first-order valence-corrected chi connectivity index (χ1v) is 11.7. The average molecular weight is 468 g/mol. The number of amides is 1. The number of hydrogen-bond donors (Lipinski definition) is 1. The molecule has 176 valence electrons. The van der Waals surface area contributed by atoms with Crippen LogP contribution < -0.4 is 10.2 Å². The van der Waals surface area contributed by atoms with E-state index in [1.807, 2.05) is 37.8 Å². The molecule has 10 heteroatoms. The van der Waals surface area contributed by atoms with Crippen molar-refractivity contribution in [2.24, 2.45) is 18.9 Å². The van der Waals surface area contributed by atoms with Gasteiger partial charge in [-0.1, -0.05) is 0 Å². The maximum Gasteiger partial charge on any atom is 0.207 e. The third-order valence-corrected chi connectivity index (χ3v) is 7.39. The van der Waals surface area contributed by atoms with Crippen LogP contribution in [0.4, 0.5) is 5.82 Å². The summed E-state index contributed by atoms with van der Waals surface area (Å²) in [5.74, 6) is 1.92. The minimum absolute atomic E-state index is 0.105. The van der Waals surface area contributed by atoms with Crippen LogP contribution in [0.25, 0.3) is 28.0 Å². The first-order chi connectivity index (χ1) is 17.0. The summed E-state index contributed by atoms with van der Waals surface area (Å²) in [5.41, 5.74) is 4.24. The lowest BCUT2D eigenvalue weighted by Gasteiger charge is -2.26. The molecule has 2 fully saturated rings. The second-order valence-electron chi connectivity index (χ2n) is 9.90. The van der Waals surface area contributed by atoms with E-state index in [9.17, 15) is 10.1 Å². The normalized spacial score (nSPS) is 23.4. The van der Waals surface area contributed by atoms with E-state index in [0.29, 0.717) is 28.6 Å². The van der Waals surface area contributed by atoms with Crippen molar-refractivity contribution in [3.05, 3.63) is 48.7 Å². The molecule has 35 heavy (non-hydrogen) atoms. The van der Waals surface area contributed by atoms with E-state index < -0.39 is 0 Å². The van der Waals surface area contributed by atoms with Gasteiger partial charge in [0.15, 0.2) is 0 Å². The van der Waals surface area contributed by atoms with Crippen LogP contribution in [-0.4, -0.2) is 54.4 Å². The molecule has 6 rings (SSSR count). The number of fused-ring (bicyclic) bond motifs is 2. The number of aryl methyl sites for hydroxylation is 1. The zero-order valence-electron chi connectivity index (χ0n) is 19.6. The van der Waals surface area contributed by atoms with Crippen LogP contribution in [0.3, 0.4) is 0 Å². The summed E-state index contributed by atoms with van der Waals surface area (Å²) in [5, 5.41) is 21.5. The number of carbonyl (C=O) groups excluding carboxylic acids is 1. The third-order valence-electron chi connectivity index (χ3n) is 7.39. The van der Waals surface area contributed by atoms with Crippen molar-refractivity contribution in [2.75, 3.05) is 18.0 Å². The van der Waals surface area contributed by atoms with Crippen molar-refractivity contribution >= 4 is 17.7 Å². The number of nitrogens with one attached hydrogen (secondary N) is 1. The minimum Gasteiger partial charge on any atom is -0.355 e. The number of aromatic nitrogens is 6. The van der Waals surface area contributed by atoms with Gasteiger partial charge in [-0.05, 0) is 43.7 Å². The SMILES string of the molecule is Cn1ccc(-c2cc(-c3cnc(N4C[C@@H]5CC(C)(NC=O)C[C@@H]5C4)cn3)c3c(C#N)cnn3c2)n1. The second-order valence-corrected chi connectivity index (χ2v) is 9.90. The Morgan fingerprint density at radius 3 is 2.60 bits per heavy atom. The molecule has 1 amide bonds. The van der Waals surface area contributed by atoms with Crippen LogP contribution in [0.5, 0.6) is 0 Å². The minimum atomic E-state index is -0.105. The number of pyridine rings is 1. The van der Waals surface area contributed by atoms with Crippen molar-refractivity contribution in [2.45, 2.75) is 25.3 Å². The Morgan fingerprint density at radius 1 is 1.17 bits per heavy atom. The molecular formula is C25H25N9O. The van der Waals surface area contributed by atoms with Crippen LogP contribution in [0, 0.1) is 23.2 Å². The van der Waals surface area contributed by atoms with Gasteiger partial charge in [0.2, 0.25) is 6.41 Å². The molecule has 1 saturated carbocycles. The molecule has 0 spiro atoms. The quantitative estimate of drug-likeness (QED) is 0.448. The van der Waals surface area contributed by atoms with Crippen LogP contribution in [0.2, 0.25) is 0 Å². The Bertz CT molecular complexity index is 1450. The fraction of sp³-hybridized carbons (Fsp3) is 0.360. The van der Waals surface area contributed by atoms with Gasteiger partial charge >= 0.3 is 0 Å². The molecule has 5 heterocycles. The molecule has 10 nitrogen and oxygen atoms in total. The Morgan fingerprint density at radius 2 is 1.97 bits per heavy atom. The highest BCUT2D eigenvalue weighted by atomic mass is 16.1. The highest BCUT2D eigenvalue weighted by Crippen LogP contribution is 2.44. The lowest BCUT2D eigenvalue weighted by atomic mass is 9.98. The summed E-state index contributed by atoms with van der Waals surface area (Å²) >= 11 is 0. The molecule has 0 aromatic carbocycles. The summed E-state index contributed by atoms with van der Waals surface area (Å²) in [7, 11) is 1.88. The van der Waals surface area contributed by atoms with Crippen molar-refractivity contribution in [3.8, 4) is 28.6 Å². The molecule has 3 atom stereocenters. The molecule has 2 aliphatic rings. The molecule has 1 unspecified atom stereocenters. The zero-order chi connectivity index (χ0) is 24.2. The summed E-state index contributed by atoms with van der Waals surface area (Å²) in [4.78, 5) is 22.7. The number of nitrogens with zero attached hydrogens (tertiary/aromatic N) is 8. The van der Waals surface area contributed by atoms with E-state index in [1.54, 1.807) is 21.6 Å². The van der Waals surface area contributed by atoms with Gasteiger partial charge in [-0.2, -0.15) is 15.5 Å². The van der Waals surface area contributed by atoms with E-state index >= 15 is 0 Å². The number of anilines is 1. The maximum atomic E-state index is 11.0. The van der Waals surface area contributed by atoms with Gasteiger partial charge < -0.3 is 10.2 Å². The molecule has 0 radical (unpaired) electrons. The lowest BCUT2D eigenvalue weighted by Crippen LogP contribution is -2.40. The maximum absolute atomic E-state index is 11.0. The van der Waals surface area contributed by atoms with Gasteiger partial charge in [-0.3, -0.25) is 14.5 Å². The van der Waals surface area contributed by atoms with Gasteiger partial charge in [0.1, 0.15) is 11.9 Å². The monoisotopic (exact) mass is 467 g/mol. The Hall–Kier alpha value is -4.26. The molecule has 4 aromatic rings. The largest absolute Gasteiger partial charge is 0.355 e. The van der Waals surface area contributed by atoms with E-state index in [1.165, 1.54) is 0 Å². The Balaban J connectivity index is 1.31. The van der Waals surface area contributed by atoms with Gasteiger partial charge in [-0.15, -0.1) is 0 Å². The molecule has 1 N–H and O–H groups in total. The topological polar surface area (TPSA) is 117 Å². The van der Waals surface area contributed by atoms with E-state index in [4.69, 9.17) is 9.97 Å². The second kappa shape index (κ2) is 7.91. The predicted molar refractivity (Wildman–Crippen MR) is 129 cm³/mol. The van der Waals surface area contributed by atoms with Crippen molar-refractivity contribution in [1.29, 1.82) is 5.26 Å². The van der Waals surface area contributed by atoms with Gasteiger partial charge in [0, 0.05) is 49.2 Å². The van der Waals surface area contributed by atoms with Crippen LogP contribution >= 0.6 is 0 Å². The summed E-state index contributed by atoms with van der Waals surface area (Å²) in [6.45, 7) is 3.95. The third kappa shape index (κ3) is 3.60. The van der Waals surface area contributed by atoms with Crippen molar-refractivity contribution < 1.29 is 4.79 Å². The Labute approximate surface area is 202 Å². The molecule has 1 aliphatic carbocycles. The zero-order valence-corrected chi connectivity index (χ0v) is 19.6. The highest BCUT2D eigenvalue weighted by molar-refractivity contribution is 5.85. The average Bonchev–Trinajstić information content (AvgIpc) is 3.61. The van der Waals surface area contributed by atoms with E-state index in [2.05, 4.69) is 33.4 Å². The van der Waals surface area contributed by atoms with Gasteiger partial charge in [0.05, 0.1) is 41.1 Å². The first-order valence-electron chi connectivity index (χ1n) is 11.7. The van der Waals surface area contributed by atoms with Crippen molar-refractivity contribution in [3.63, 3.8) is 0 Å². The Kier molecular flexibility index (Phi) is 4.81. The van der Waals surface area contributed by atoms with Crippen LogP contribution in [-0.2, 0) is 11.8 Å². The lowest BCUT2D eigenvalue weighted by molar-refractivity contribution is -0.111. The number of hydrogen-bond acceptors (Lipinski definition) is 7. The molecular weight excluding hydrogens is 442 g/mol. The fourth-order valence-corrected chi connectivity index (χ4v) is 5.82. The van der Waals surface area contributed by atoms with E-state index in [-0.39, 0.29) is 5.54 Å². The standard InChI is InChI=1S/C25H25N9O/c1-25(29-15-35)6-17-12-33(13-18(17)7-25)23-11-27-22(10-28-23)20-5-16(21-3-4-32(2)31-21)14-34-24(20)19(8-26)9-30-34/h3-5,9-11,14-15,17-18H,6-7,12-13H2,1-2H3,(H,29,35)/t17-,18+,25?. The highest BCUT2D eigenvalue weighted by Gasteiger charge is 2.46. The first kappa shape index (κ1) is 21.3. The summed E-state index contributed by atoms with van der Waals surface area (Å²) < 4.78 is 3.46. The molecule has 4 aromatic heterocycles.